The number of ether oxygens (including phenoxy) is 1. The smallest absolute Gasteiger partial charge is 0.122 e. The zero-order chi connectivity index (χ0) is 13.1. The molecule has 1 aliphatic rings. The van der Waals surface area contributed by atoms with Gasteiger partial charge in [-0.3, -0.25) is 0 Å². The lowest BCUT2D eigenvalue weighted by atomic mass is 10.0. The van der Waals surface area contributed by atoms with Gasteiger partial charge in [-0.1, -0.05) is 11.6 Å². The third kappa shape index (κ3) is 3.16. The van der Waals surface area contributed by atoms with Crippen LogP contribution in [0.1, 0.15) is 11.1 Å². The first-order chi connectivity index (χ1) is 8.60. The predicted molar refractivity (Wildman–Crippen MR) is 75.7 cm³/mol. The van der Waals surface area contributed by atoms with E-state index in [0.29, 0.717) is 6.04 Å². The number of benzene rings is 1. The van der Waals surface area contributed by atoms with Gasteiger partial charge < -0.3 is 15.0 Å². The molecule has 1 heterocycles. The fourth-order valence-corrected chi connectivity index (χ4v) is 2.63. The largest absolute Gasteiger partial charge is 0.496 e. The molecule has 1 fully saturated rings. The fraction of sp³-hybridized carbons (Fsp3) is 0.571. The number of piperazine rings is 1. The molecule has 3 nitrogen and oxygen atoms in total. The van der Waals surface area contributed by atoms with Crippen LogP contribution in [0.2, 0.25) is 5.02 Å². The van der Waals surface area contributed by atoms with E-state index in [1.165, 1.54) is 5.56 Å². The maximum absolute atomic E-state index is 6.20. The van der Waals surface area contributed by atoms with Crippen LogP contribution in [0.25, 0.3) is 0 Å². The highest BCUT2D eigenvalue weighted by atomic mass is 35.5. The Hall–Kier alpha value is -0.770. The van der Waals surface area contributed by atoms with E-state index in [2.05, 4.69) is 17.3 Å². The summed E-state index contributed by atoms with van der Waals surface area (Å²) in [6.07, 6.45) is 0.952. The third-order valence-electron chi connectivity index (χ3n) is 3.49. The third-order valence-corrected chi connectivity index (χ3v) is 3.89. The van der Waals surface area contributed by atoms with Crippen molar-refractivity contribution in [2.45, 2.75) is 19.4 Å². The molecule has 4 heteroatoms. The van der Waals surface area contributed by atoms with Crippen LogP contribution in [0.15, 0.2) is 12.1 Å². The molecule has 18 heavy (non-hydrogen) atoms. The zero-order valence-electron chi connectivity index (χ0n) is 11.3. The lowest BCUT2D eigenvalue weighted by Gasteiger charge is -2.31. The highest BCUT2D eigenvalue weighted by Gasteiger charge is 2.18. The van der Waals surface area contributed by atoms with Gasteiger partial charge in [-0.05, 0) is 43.7 Å². The number of methoxy groups -OCH3 is 1. The number of hydrogen-bond acceptors (Lipinski definition) is 3. The monoisotopic (exact) mass is 268 g/mol. The van der Waals surface area contributed by atoms with E-state index in [9.17, 15) is 0 Å². The van der Waals surface area contributed by atoms with Crippen LogP contribution in [0, 0.1) is 6.92 Å². The molecule has 1 aliphatic heterocycles. The van der Waals surface area contributed by atoms with Crippen LogP contribution in [-0.4, -0.2) is 44.7 Å². The Morgan fingerprint density at radius 3 is 2.94 bits per heavy atom. The molecular weight excluding hydrogens is 248 g/mol. The highest BCUT2D eigenvalue weighted by Crippen LogP contribution is 2.27. The molecule has 2 rings (SSSR count). The summed E-state index contributed by atoms with van der Waals surface area (Å²) in [6, 6.07) is 4.52. The quantitative estimate of drug-likeness (QED) is 0.909. The second-order valence-electron chi connectivity index (χ2n) is 5.03. The van der Waals surface area contributed by atoms with Crippen LogP contribution in [0.5, 0.6) is 5.75 Å². The maximum Gasteiger partial charge on any atom is 0.122 e. The van der Waals surface area contributed by atoms with E-state index in [4.69, 9.17) is 16.3 Å². The molecule has 1 saturated heterocycles. The summed E-state index contributed by atoms with van der Waals surface area (Å²) in [4.78, 5) is 2.35. The predicted octanol–water partition coefficient (Wildman–Crippen LogP) is 2.10. The molecule has 100 valence electrons. The van der Waals surface area contributed by atoms with Gasteiger partial charge in [-0.15, -0.1) is 0 Å². The van der Waals surface area contributed by atoms with Gasteiger partial charge in [0.2, 0.25) is 0 Å². The summed E-state index contributed by atoms with van der Waals surface area (Å²) in [7, 11) is 3.87. The van der Waals surface area contributed by atoms with Crippen molar-refractivity contribution in [2.75, 3.05) is 33.8 Å². The minimum Gasteiger partial charge on any atom is -0.496 e. The molecule has 0 aromatic heterocycles. The molecule has 1 atom stereocenters. The Bertz CT molecular complexity index is 423. The first kappa shape index (κ1) is 13.7. The Kier molecular flexibility index (Phi) is 4.49. The Balaban J connectivity index is 2.14. The van der Waals surface area contributed by atoms with Crippen molar-refractivity contribution in [2.24, 2.45) is 0 Å². The lowest BCUT2D eigenvalue weighted by Crippen LogP contribution is -2.49. The van der Waals surface area contributed by atoms with Gasteiger partial charge in [0.15, 0.2) is 0 Å². The van der Waals surface area contributed by atoms with Gasteiger partial charge in [0.1, 0.15) is 5.75 Å². The van der Waals surface area contributed by atoms with Crippen molar-refractivity contribution in [3.05, 3.63) is 28.3 Å². The number of aryl methyl sites for hydroxylation is 1. The van der Waals surface area contributed by atoms with E-state index >= 15 is 0 Å². The topological polar surface area (TPSA) is 24.5 Å². The van der Waals surface area contributed by atoms with Crippen LogP contribution in [0.4, 0.5) is 0 Å². The summed E-state index contributed by atoms with van der Waals surface area (Å²) in [6.45, 7) is 5.22. The molecule has 0 aliphatic carbocycles. The van der Waals surface area contributed by atoms with E-state index in [1.807, 2.05) is 19.1 Å². The SMILES string of the molecule is COc1cc(C)c(Cl)cc1CC1CN(C)CCN1. The second-order valence-corrected chi connectivity index (χ2v) is 5.44. The molecule has 1 aromatic rings. The van der Waals surface area contributed by atoms with Crippen molar-refractivity contribution in [3.63, 3.8) is 0 Å². The first-order valence-corrected chi connectivity index (χ1v) is 6.73. The van der Waals surface area contributed by atoms with Crippen molar-refractivity contribution in [1.29, 1.82) is 0 Å². The average molecular weight is 269 g/mol. The lowest BCUT2D eigenvalue weighted by molar-refractivity contribution is 0.237. The summed E-state index contributed by atoms with van der Waals surface area (Å²) < 4.78 is 5.45. The van der Waals surface area contributed by atoms with Gasteiger partial charge in [-0.2, -0.15) is 0 Å². The number of likely N-dealkylation sites (N-methyl/N-ethyl adjacent to an activating group) is 1. The number of hydrogen-bond donors (Lipinski definition) is 1. The van der Waals surface area contributed by atoms with Crippen molar-refractivity contribution < 1.29 is 4.74 Å². The summed E-state index contributed by atoms with van der Waals surface area (Å²) >= 11 is 6.20. The number of rotatable bonds is 3. The van der Waals surface area contributed by atoms with E-state index < -0.39 is 0 Å². The van der Waals surface area contributed by atoms with Gasteiger partial charge in [0, 0.05) is 30.7 Å². The Morgan fingerprint density at radius 1 is 1.50 bits per heavy atom. The molecule has 0 amide bonds. The van der Waals surface area contributed by atoms with Crippen molar-refractivity contribution >= 4 is 11.6 Å². The Morgan fingerprint density at radius 2 is 2.28 bits per heavy atom. The minimum absolute atomic E-state index is 0.469. The minimum atomic E-state index is 0.469. The number of nitrogens with one attached hydrogen (secondary N) is 1. The summed E-state index contributed by atoms with van der Waals surface area (Å²) in [5.41, 5.74) is 2.24. The molecule has 1 N–H and O–H groups in total. The average Bonchev–Trinajstić information content (AvgIpc) is 2.33. The van der Waals surface area contributed by atoms with E-state index in [1.54, 1.807) is 7.11 Å². The fourth-order valence-electron chi connectivity index (χ4n) is 2.44. The number of nitrogens with zero attached hydrogens (tertiary/aromatic N) is 1. The van der Waals surface area contributed by atoms with Gasteiger partial charge >= 0.3 is 0 Å². The standard InChI is InChI=1S/C14H21ClN2O/c1-10-6-14(18-3)11(8-13(10)15)7-12-9-17(2)5-4-16-12/h6,8,12,16H,4-5,7,9H2,1-3H3. The summed E-state index contributed by atoms with van der Waals surface area (Å²) in [5, 5.41) is 4.36. The van der Waals surface area contributed by atoms with Gasteiger partial charge in [-0.25, -0.2) is 0 Å². The van der Waals surface area contributed by atoms with Crippen molar-refractivity contribution in [3.8, 4) is 5.75 Å². The van der Waals surface area contributed by atoms with Crippen molar-refractivity contribution in [1.82, 2.24) is 10.2 Å². The molecule has 1 unspecified atom stereocenters. The highest BCUT2D eigenvalue weighted by molar-refractivity contribution is 6.31. The van der Waals surface area contributed by atoms with Crippen LogP contribution in [-0.2, 0) is 6.42 Å². The van der Waals surface area contributed by atoms with Crippen LogP contribution in [0.3, 0.4) is 0 Å². The Labute approximate surface area is 114 Å². The van der Waals surface area contributed by atoms with Crippen LogP contribution < -0.4 is 10.1 Å². The van der Waals surface area contributed by atoms with E-state index in [-0.39, 0.29) is 0 Å². The normalized spacial score (nSPS) is 21.0. The molecule has 0 spiro atoms. The van der Waals surface area contributed by atoms with Gasteiger partial charge in [0.05, 0.1) is 7.11 Å². The maximum atomic E-state index is 6.20. The van der Waals surface area contributed by atoms with Crippen LogP contribution >= 0.6 is 11.6 Å². The molecular formula is C14H21ClN2O. The zero-order valence-corrected chi connectivity index (χ0v) is 12.0. The molecule has 0 bridgehead atoms. The summed E-state index contributed by atoms with van der Waals surface area (Å²) in [5.74, 6) is 0.937. The molecule has 0 saturated carbocycles. The molecule has 0 radical (unpaired) electrons. The second kappa shape index (κ2) is 5.91. The first-order valence-electron chi connectivity index (χ1n) is 6.35. The van der Waals surface area contributed by atoms with E-state index in [0.717, 1.165) is 42.4 Å². The molecule has 1 aromatic carbocycles. The van der Waals surface area contributed by atoms with Gasteiger partial charge in [0.25, 0.3) is 0 Å². The number of halogens is 1.